The molecule has 0 amide bonds. The van der Waals surface area contributed by atoms with Crippen LogP contribution in [0.25, 0.3) is 0 Å². The molecule has 0 heterocycles. The lowest BCUT2D eigenvalue weighted by Gasteiger charge is -2.16. The molecule has 0 aromatic heterocycles. The van der Waals surface area contributed by atoms with Gasteiger partial charge in [-0.05, 0) is 25.5 Å². The minimum atomic E-state index is -0.461. The Kier molecular flexibility index (Phi) is 3.34. The molecule has 0 radical (unpaired) electrons. The highest BCUT2D eigenvalue weighted by Gasteiger charge is 2.18. The number of benzene rings is 1. The number of rotatable bonds is 2. The minimum absolute atomic E-state index is 0.0439. The lowest BCUT2D eigenvalue weighted by atomic mass is 10.0. The highest BCUT2D eigenvalue weighted by molar-refractivity contribution is 6.31. The molecule has 1 unspecified atom stereocenters. The van der Waals surface area contributed by atoms with Gasteiger partial charge in [-0.1, -0.05) is 11.6 Å². The molecule has 78 valence electrons. The van der Waals surface area contributed by atoms with Crippen molar-refractivity contribution in [2.24, 2.45) is 5.73 Å². The van der Waals surface area contributed by atoms with Gasteiger partial charge in [-0.2, -0.15) is 0 Å². The molecule has 1 rings (SSSR count). The van der Waals surface area contributed by atoms with Gasteiger partial charge < -0.3 is 10.5 Å². The first-order chi connectivity index (χ1) is 6.49. The molecule has 1 aromatic carbocycles. The maximum Gasteiger partial charge on any atom is 0.142 e. The predicted octanol–water partition coefficient (Wildman–Crippen LogP) is 2.82. The van der Waals surface area contributed by atoms with Crippen LogP contribution >= 0.6 is 11.6 Å². The minimum Gasteiger partial charge on any atom is -0.496 e. The molecule has 0 fully saturated rings. The van der Waals surface area contributed by atoms with Crippen molar-refractivity contribution >= 4 is 11.6 Å². The van der Waals surface area contributed by atoms with Crippen molar-refractivity contribution in [1.29, 1.82) is 0 Å². The van der Waals surface area contributed by atoms with Crippen LogP contribution in [-0.4, -0.2) is 7.11 Å². The molecule has 0 saturated heterocycles. The highest BCUT2D eigenvalue weighted by atomic mass is 35.5. The van der Waals surface area contributed by atoms with Gasteiger partial charge in [0.25, 0.3) is 0 Å². The van der Waals surface area contributed by atoms with E-state index in [9.17, 15) is 4.39 Å². The van der Waals surface area contributed by atoms with E-state index >= 15 is 0 Å². The second-order valence-electron chi connectivity index (χ2n) is 3.22. The summed E-state index contributed by atoms with van der Waals surface area (Å²) in [5, 5.41) is 0.0439. The molecule has 0 saturated carbocycles. The molecular weight excluding hydrogens is 205 g/mol. The van der Waals surface area contributed by atoms with Gasteiger partial charge in [-0.25, -0.2) is 4.39 Å². The van der Waals surface area contributed by atoms with Gasteiger partial charge in [0.15, 0.2) is 0 Å². The summed E-state index contributed by atoms with van der Waals surface area (Å²) in [6.45, 7) is 3.49. The SMILES string of the molecule is COc1c(C)cc(F)c(Cl)c1C(C)N. The monoisotopic (exact) mass is 217 g/mol. The van der Waals surface area contributed by atoms with Crippen LogP contribution in [0, 0.1) is 12.7 Å². The van der Waals surface area contributed by atoms with E-state index in [1.54, 1.807) is 13.8 Å². The molecule has 1 atom stereocenters. The van der Waals surface area contributed by atoms with Crippen molar-refractivity contribution in [3.8, 4) is 5.75 Å². The van der Waals surface area contributed by atoms with Gasteiger partial charge >= 0.3 is 0 Å². The first-order valence-corrected chi connectivity index (χ1v) is 4.65. The topological polar surface area (TPSA) is 35.2 Å². The summed E-state index contributed by atoms with van der Waals surface area (Å²) >= 11 is 5.81. The zero-order valence-electron chi connectivity index (χ0n) is 8.40. The molecule has 0 aliphatic heterocycles. The third-order valence-corrected chi connectivity index (χ3v) is 2.44. The van der Waals surface area contributed by atoms with E-state index in [1.807, 2.05) is 0 Å². The molecule has 4 heteroatoms. The largest absolute Gasteiger partial charge is 0.496 e. The fourth-order valence-electron chi connectivity index (χ4n) is 1.44. The average Bonchev–Trinajstić information content (AvgIpc) is 2.10. The summed E-state index contributed by atoms with van der Waals surface area (Å²) in [4.78, 5) is 0. The first kappa shape index (κ1) is 11.3. The van der Waals surface area contributed by atoms with Crippen LogP contribution < -0.4 is 10.5 Å². The Morgan fingerprint density at radius 2 is 2.14 bits per heavy atom. The molecule has 0 aliphatic carbocycles. The summed E-state index contributed by atoms with van der Waals surface area (Å²) in [6, 6.07) is 0.986. The number of nitrogens with two attached hydrogens (primary N) is 1. The maximum atomic E-state index is 13.3. The first-order valence-electron chi connectivity index (χ1n) is 4.27. The van der Waals surface area contributed by atoms with E-state index < -0.39 is 5.82 Å². The Morgan fingerprint density at radius 3 is 2.57 bits per heavy atom. The molecule has 0 spiro atoms. The van der Waals surface area contributed by atoms with Gasteiger partial charge in [0, 0.05) is 11.6 Å². The van der Waals surface area contributed by atoms with Crippen LogP contribution in [0.3, 0.4) is 0 Å². The van der Waals surface area contributed by atoms with E-state index in [-0.39, 0.29) is 11.1 Å². The zero-order chi connectivity index (χ0) is 10.9. The lowest BCUT2D eigenvalue weighted by molar-refractivity contribution is 0.402. The third kappa shape index (κ3) is 1.83. The van der Waals surface area contributed by atoms with Crippen LogP contribution in [-0.2, 0) is 0 Å². The summed E-state index contributed by atoms with van der Waals surface area (Å²) in [5.41, 5.74) is 6.91. The smallest absolute Gasteiger partial charge is 0.142 e. The Balaban J connectivity index is 3.48. The Morgan fingerprint density at radius 1 is 1.57 bits per heavy atom. The third-order valence-electron chi connectivity index (χ3n) is 2.05. The quantitative estimate of drug-likeness (QED) is 0.827. The number of aryl methyl sites for hydroxylation is 1. The molecule has 0 bridgehead atoms. The van der Waals surface area contributed by atoms with Gasteiger partial charge in [0.2, 0.25) is 0 Å². The normalized spacial score (nSPS) is 12.7. The van der Waals surface area contributed by atoms with E-state index in [0.29, 0.717) is 16.9 Å². The number of halogens is 2. The van der Waals surface area contributed by atoms with Gasteiger partial charge in [-0.3, -0.25) is 0 Å². The van der Waals surface area contributed by atoms with Crippen LogP contribution in [0.2, 0.25) is 5.02 Å². The molecule has 2 N–H and O–H groups in total. The predicted molar refractivity (Wildman–Crippen MR) is 55.3 cm³/mol. The standard InChI is InChI=1S/C10H13ClFNO/c1-5-4-7(12)9(11)8(6(2)13)10(5)14-3/h4,6H,13H2,1-3H3. The van der Waals surface area contributed by atoms with Crippen LogP contribution in [0.15, 0.2) is 6.07 Å². The Hall–Kier alpha value is -0.800. The molecular formula is C10H13ClFNO. The van der Waals surface area contributed by atoms with Crippen LogP contribution in [0.4, 0.5) is 4.39 Å². The number of ether oxygens (including phenoxy) is 1. The molecule has 14 heavy (non-hydrogen) atoms. The second kappa shape index (κ2) is 4.15. The number of hydrogen-bond donors (Lipinski definition) is 1. The molecule has 1 aromatic rings. The van der Waals surface area contributed by atoms with Gasteiger partial charge in [0.1, 0.15) is 11.6 Å². The van der Waals surface area contributed by atoms with Crippen molar-refractivity contribution in [1.82, 2.24) is 0 Å². The summed E-state index contributed by atoms with van der Waals surface area (Å²) < 4.78 is 18.4. The fraction of sp³-hybridized carbons (Fsp3) is 0.400. The fourth-order valence-corrected chi connectivity index (χ4v) is 1.75. The number of methoxy groups -OCH3 is 1. The Bertz CT molecular complexity index is 352. The van der Waals surface area contributed by atoms with Gasteiger partial charge in [0.05, 0.1) is 12.1 Å². The average molecular weight is 218 g/mol. The van der Waals surface area contributed by atoms with E-state index in [0.717, 1.165) is 0 Å². The highest BCUT2D eigenvalue weighted by Crippen LogP contribution is 2.35. The second-order valence-corrected chi connectivity index (χ2v) is 3.60. The van der Waals surface area contributed by atoms with E-state index in [4.69, 9.17) is 22.1 Å². The van der Waals surface area contributed by atoms with Crippen LogP contribution in [0.1, 0.15) is 24.1 Å². The maximum absolute atomic E-state index is 13.3. The van der Waals surface area contributed by atoms with Crippen molar-refractivity contribution < 1.29 is 9.13 Å². The summed E-state index contributed by atoms with van der Waals surface area (Å²) in [7, 11) is 1.52. The van der Waals surface area contributed by atoms with Crippen molar-refractivity contribution in [3.05, 3.63) is 28.0 Å². The molecule has 2 nitrogen and oxygen atoms in total. The van der Waals surface area contributed by atoms with Gasteiger partial charge in [-0.15, -0.1) is 0 Å². The van der Waals surface area contributed by atoms with Crippen molar-refractivity contribution in [3.63, 3.8) is 0 Å². The zero-order valence-corrected chi connectivity index (χ0v) is 9.15. The summed E-state index contributed by atoms with van der Waals surface area (Å²) in [5.74, 6) is 0.101. The van der Waals surface area contributed by atoms with Crippen LogP contribution in [0.5, 0.6) is 5.75 Å². The summed E-state index contributed by atoms with van der Waals surface area (Å²) in [6.07, 6.45) is 0. The van der Waals surface area contributed by atoms with Crippen molar-refractivity contribution in [2.45, 2.75) is 19.9 Å². The van der Waals surface area contributed by atoms with E-state index in [1.165, 1.54) is 13.2 Å². The number of hydrogen-bond acceptors (Lipinski definition) is 2. The Labute approximate surface area is 87.8 Å². The lowest BCUT2D eigenvalue weighted by Crippen LogP contribution is -2.09. The van der Waals surface area contributed by atoms with Crippen molar-refractivity contribution in [2.75, 3.05) is 7.11 Å². The van der Waals surface area contributed by atoms with E-state index in [2.05, 4.69) is 0 Å². The molecule has 0 aliphatic rings.